The molecule has 0 spiro atoms. The molecule has 0 heterocycles. The number of phenolic OH excluding ortho intramolecular Hbond substituents is 1. The third kappa shape index (κ3) is 3.29. The maximum absolute atomic E-state index is 13.3. The van der Waals surface area contributed by atoms with Crippen LogP contribution in [0.2, 0.25) is 0 Å². The molecule has 0 unspecified atom stereocenters. The monoisotopic (exact) mass is 339 g/mol. The Hall–Kier alpha value is -1.59. The first-order valence-electron chi connectivity index (χ1n) is 6.10. The first kappa shape index (κ1) is 14.8. The Balaban J connectivity index is 2.19. The Kier molecular flexibility index (Phi) is 4.98. The average molecular weight is 340 g/mol. The van der Waals surface area contributed by atoms with Gasteiger partial charge in [0.1, 0.15) is 0 Å². The standard InChI is InChI=1S/C15H15BrFNO2/c1-20-9-11-12(16)5-3-7-14(11)18-8-10-4-2-6-13(17)15(10)19/h2-7,18-19H,8-9H2,1H3. The van der Waals surface area contributed by atoms with Crippen molar-refractivity contribution in [2.75, 3.05) is 12.4 Å². The molecule has 0 fully saturated rings. The Morgan fingerprint density at radius 1 is 1.25 bits per heavy atom. The molecule has 2 rings (SSSR count). The van der Waals surface area contributed by atoms with E-state index in [2.05, 4.69) is 21.2 Å². The van der Waals surface area contributed by atoms with Crippen LogP contribution in [0.25, 0.3) is 0 Å². The summed E-state index contributed by atoms with van der Waals surface area (Å²) in [5, 5.41) is 12.8. The Morgan fingerprint density at radius 2 is 2.00 bits per heavy atom. The molecule has 0 saturated carbocycles. The van der Waals surface area contributed by atoms with Gasteiger partial charge in [0.2, 0.25) is 0 Å². The maximum atomic E-state index is 13.3. The van der Waals surface area contributed by atoms with Gasteiger partial charge in [0, 0.05) is 34.9 Å². The third-order valence-corrected chi connectivity index (χ3v) is 3.69. The average Bonchev–Trinajstić information content (AvgIpc) is 2.44. The number of anilines is 1. The van der Waals surface area contributed by atoms with E-state index >= 15 is 0 Å². The molecule has 0 bridgehead atoms. The summed E-state index contributed by atoms with van der Waals surface area (Å²) in [6.45, 7) is 0.787. The van der Waals surface area contributed by atoms with Gasteiger partial charge in [0.05, 0.1) is 6.61 Å². The summed E-state index contributed by atoms with van der Waals surface area (Å²) in [6, 6.07) is 10.2. The van der Waals surface area contributed by atoms with E-state index in [1.54, 1.807) is 19.2 Å². The molecule has 2 aromatic carbocycles. The van der Waals surface area contributed by atoms with Crippen LogP contribution >= 0.6 is 15.9 Å². The fourth-order valence-corrected chi connectivity index (χ4v) is 2.39. The van der Waals surface area contributed by atoms with E-state index in [1.807, 2.05) is 18.2 Å². The van der Waals surface area contributed by atoms with Crippen LogP contribution in [0.5, 0.6) is 5.75 Å². The van der Waals surface area contributed by atoms with E-state index < -0.39 is 5.82 Å². The van der Waals surface area contributed by atoms with Crippen LogP contribution in [0.4, 0.5) is 10.1 Å². The number of benzene rings is 2. The molecule has 0 atom stereocenters. The lowest BCUT2D eigenvalue weighted by molar-refractivity contribution is 0.185. The predicted molar refractivity (Wildman–Crippen MR) is 80.2 cm³/mol. The quantitative estimate of drug-likeness (QED) is 0.863. The second-order valence-corrected chi connectivity index (χ2v) is 5.15. The summed E-state index contributed by atoms with van der Waals surface area (Å²) in [6.07, 6.45) is 0. The lowest BCUT2D eigenvalue weighted by Crippen LogP contribution is -2.04. The van der Waals surface area contributed by atoms with Crippen molar-refractivity contribution in [3.63, 3.8) is 0 Å². The van der Waals surface area contributed by atoms with E-state index in [-0.39, 0.29) is 5.75 Å². The van der Waals surface area contributed by atoms with Gasteiger partial charge in [-0.15, -0.1) is 0 Å². The largest absolute Gasteiger partial charge is 0.505 e. The van der Waals surface area contributed by atoms with Crippen molar-refractivity contribution in [1.82, 2.24) is 0 Å². The zero-order valence-corrected chi connectivity index (χ0v) is 12.6. The van der Waals surface area contributed by atoms with E-state index in [4.69, 9.17) is 4.74 Å². The minimum Gasteiger partial charge on any atom is -0.505 e. The van der Waals surface area contributed by atoms with Gasteiger partial charge in [-0.2, -0.15) is 0 Å². The number of rotatable bonds is 5. The van der Waals surface area contributed by atoms with Crippen molar-refractivity contribution in [1.29, 1.82) is 0 Å². The number of ether oxygens (including phenoxy) is 1. The van der Waals surface area contributed by atoms with E-state index in [0.717, 1.165) is 15.7 Å². The lowest BCUT2D eigenvalue weighted by atomic mass is 10.1. The molecule has 0 radical (unpaired) electrons. The molecule has 106 valence electrons. The maximum Gasteiger partial charge on any atom is 0.165 e. The first-order chi connectivity index (χ1) is 9.63. The first-order valence-corrected chi connectivity index (χ1v) is 6.89. The number of hydrogen-bond donors (Lipinski definition) is 2. The normalized spacial score (nSPS) is 10.6. The van der Waals surface area contributed by atoms with Gasteiger partial charge in [0.15, 0.2) is 11.6 Å². The Labute approximate surface area is 125 Å². The summed E-state index contributed by atoms with van der Waals surface area (Å²) in [4.78, 5) is 0. The van der Waals surface area contributed by atoms with Gasteiger partial charge in [-0.1, -0.05) is 34.1 Å². The molecular weight excluding hydrogens is 325 g/mol. The number of nitrogens with one attached hydrogen (secondary N) is 1. The lowest BCUT2D eigenvalue weighted by Gasteiger charge is -2.14. The van der Waals surface area contributed by atoms with Crippen LogP contribution in [0.15, 0.2) is 40.9 Å². The molecule has 5 heteroatoms. The molecule has 0 saturated heterocycles. The molecule has 0 aliphatic rings. The topological polar surface area (TPSA) is 41.5 Å². The SMILES string of the molecule is COCc1c(Br)cccc1NCc1cccc(F)c1O. The fraction of sp³-hybridized carbons (Fsp3) is 0.200. The molecule has 20 heavy (non-hydrogen) atoms. The van der Waals surface area contributed by atoms with Crippen molar-refractivity contribution in [2.24, 2.45) is 0 Å². The van der Waals surface area contributed by atoms with Crippen LogP contribution in [0.1, 0.15) is 11.1 Å². The predicted octanol–water partition coefficient (Wildman–Crippen LogP) is 4.05. The number of para-hydroxylation sites is 1. The number of aromatic hydroxyl groups is 1. The molecule has 0 amide bonds. The number of phenols is 1. The van der Waals surface area contributed by atoms with Crippen molar-refractivity contribution >= 4 is 21.6 Å². The third-order valence-electron chi connectivity index (χ3n) is 2.95. The zero-order chi connectivity index (χ0) is 14.5. The minimum atomic E-state index is -0.615. The smallest absolute Gasteiger partial charge is 0.165 e. The van der Waals surface area contributed by atoms with E-state index in [1.165, 1.54) is 6.07 Å². The number of methoxy groups -OCH3 is 1. The minimum absolute atomic E-state index is 0.316. The van der Waals surface area contributed by atoms with Crippen molar-refractivity contribution < 1.29 is 14.2 Å². The highest BCUT2D eigenvalue weighted by atomic mass is 79.9. The highest BCUT2D eigenvalue weighted by molar-refractivity contribution is 9.10. The van der Waals surface area contributed by atoms with Crippen molar-refractivity contribution in [2.45, 2.75) is 13.2 Å². The summed E-state index contributed by atoms with van der Waals surface area (Å²) in [5.41, 5.74) is 2.36. The van der Waals surface area contributed by atoms with Gasteiger partial charge in [-0.3, -0.25) is 0 Å². The van der Waals surface area contributed by atoms with Gasteiger partial charge in [0.25, 0.3) is 0 Å². The second kappa shape index (κ2) is 6.72. The van der Waals surface area contributed by atoms with Crippen LogP contribution in [0.3, 0.4) is 0 Å². The second-order valence-electron chi connectivity index (χ2n) is 4.30. The number of hydrogen-bond acceptors (Lipinski definition) is 3. The van der Waals surface area contributed by atoms with Crippen LogP contribution in [0, 0.1) is 5.82 Å². The van der Waals surface area contributed by atoms with Gasteiger partial charge >= 0.3 is 0 Å². The summed E-state index contributed by atoms with van der Waals surface area (Å²) >= 11 is 3.47. The molecule has 0 aromatic heterocycles. The Morgan fingerprint density at radius 3 is 2.75 bits per heavy atom. The summed E-state index contributed by atoms with van der Waals surface area (Å²) in [7, 11) is 1.63. The molecular formula is C15H15BrFNO2. The molecule has 0 aliphatic heterocycles. The van der Waals surface area contributed by atoms with E-state index in [9.17, 15) is 9.50 Å². The van der Waals surface area contributed by atoms with E-state index in [0.29, 0.717) is 18.7 Å². The van der Waals surface area contributed by atoms with Gasteiger partial charge in [-0.05, 0) is 18.2 Å². The van der Waals surface area contributed by atoms with Crippen LogP contribution in [-0.2, 0) is 17.9 Å². The zero-order valence-electron chi connectivity index (χ0n) is 11.0. The van der Waals surface area contributed by atoms with Crippen molar-refractivity contribution in [3.05, 3.63) is 57.8 Å². The highest BCUT2D eigenvalue weighted by Gasteiger charge is 2.09. The van der Waals surface area contributed by atoms with Gasteiger partial charge in [-0.25, -0.2) is 4.39 Å². The summed E-state index contributed by atoms with van der Waals surface area (Å²) in [5.74, 6) is -0.932. The van der Waals surface area contributed by atoms with Crippen molar-refractivity contribution in [3.8, 4) is 5.75 Å². The summed E-state index contributed by atoms with van der Waals surface area (Å²) < 4.78 is 19.4. The molecule has 3 nitrogen and oxygen atoms in total. The van der Waals surface area contributed by atoms with Crippen LogP contribution in [-0.4, -0.2) is 12.2 Å². The van der Waals surface area contributed by atoms with Crippen LogP contribution < -0.4 is 5.32 Å². The number of halogens is 2. The fourth-order valence-electron chi connectivity index (χ4n) is 1.91. The molecule has 2 aromatic rings. The molecule has 2 N–H and O–H groups in total. The molecule has 0 aliphatic carbocycles. The Bertz CT molecular complexity index is 604. The highest BCUT2D eigenvalue weighted by Crippen LogP contribution is 2.27. The van der Waals surface area contributed by atoms with Gasteiger partial charge < -0.3 is 15.2 Å².